The number of hydrogen-bond donors (Lipinski definition) is 2. The number of rotatable bonds is 6. The number of urea groups is 1. The van der Waals surface area contributed by atoms with Gasteiger partial charge in [0.25, 0.3) is 0 Å². The highest BCUT2D eigenvalue weighted by Gasteiger charge is 1.99. The van der Waals surface area contributed by atoms with E-state index in [1.807, 2.05) is 0 Å². The molecule has 5 nitrogen and oxygen atoms in total. The van der Waals surface area contributed by atoms with Crippen LogP contribution < -0.4 is 10.6 Å². The van der Waals surface area contributed by atoms with E-state index in [1.165, 1.54) is 6.08 Å². The molecular formula is C15H18N2O3. The van der Waals surface area contributed by atoms with Gasteiger partial charge in [-0.05, 0) is 30.7 Å². The summed E-state index contributed by atoms with van der Waals surface area (Å²) in [5, 5.41) is 5.28. The summed E-state index contributed by atoms with van der Waals surface area (Å²) in [5.41, 5.74) is 1.51. The zero-order valence-electron chi connectivity index (χ0n) is 11.4. The molecule has 106 valence electrons. The molecule has 1 aromatic rings. The maximum Gasteiger partial charge on any atom is 0.330 e. The summed E-state index contributed by atoms with van der Waals surface area (Å²) in [6, 6.07) is 6.79. The van der Waals surface area contributed by atoms with Crippen LogP contribution in [0.2, 0.25) is 0 Å². The minimum atomic E-state index is -0.376. The van der Waals surface area contributed by atoms with Gasteiger partial charge in [0.05, 0.1) is 6.61 Å². The summed E-state index contributed by atoms with van der Waals surface area (Å²) in [5.74, 6) is -0.376. The number of carbonyl (C=O) groups excluding carboxylic acids is 2. The Balaban J connectivity index is 2.53. The number of carbonyl (C=O) groups is 2. The molecule has 20 heavy (non-hydrogen) atoms. The topological polar surface area (TPSA) is 67.4 Å². The van der Waals surface area contributed by atoms with Crippen molar-refractivity contribution in [2.45, 2.75) is 6.92 Å². The number of esters is 1. The maximum atomic E-state index is 11.4. The van der Waals surface area contributed by atoms with Gasteiger partial charge in [0.1, 0.15) is 0 Å². The van der Waals surface area contributed by atoms with Crippen LogP contribution in [-0.2, 0) is 9.53 Å². The minimum Gasteiger partial charge on any atom is -0.463 e. The fourth-order valence-electron chi connectivity index (χ4n) is 1.37. The summed E-state index contributed by atoms with van der Waals surface area (Å²) < 4.78 is 4.78. The standard InChI is InChI=1S/C15H18N2O3/c1-3-11-16-15(19)17-13-8-5-12(6-9-13)7-10-14(18)20-4-2/h3,5-10H,1,4,11H2,2H3,(H2,16,17,19). The molecule has 1 aromatic carbocycles. The molecule has 0 spiro atoms. The van der Waals surface area contributed by atoms with Gasteiger partial charge in [-0.15, -0.1) is 6.58 Å². The second-order valence-corrected chi connectivity index (χ2v) is 3.83. The summed E-state index contributed by atoms with van der Waals surface area (Å²) in [7, 11) is 0. The van der Waals surface area contributed by atoms with Crippen LogP contribution in [-0.4, -0.2) is 25.2 Å². The summed E-state index contributed by atoms with van der Waals surface area (Å²) in [6.07, 6.45) is 4.62. The monoisotopic (exact) mass is 274 g/mol. The van der Waals surface area contributed by atoms with Crippen molar-refractivity contribution in [2.24, 2.45) is 0 Å². The molecule has 0 bridgehead atoms. The van der Waals surface area contributed by atoms with Crippen molar-refractivity contribution in [3.8, 4) is 0 Å². The summed E-state index contributed by atoms with van der Waals surface area (Å²) >= 11 is 0. The molecule has 0 saturated carbocycles. The lowest BCUT2D eigenvalue weighted by molar-refractivity contribution is -0.137. The first-order valence-corrected chi connectivity index (χ1v) is 6.26. The predicted octanol–water partition coefficient (Wildman–Crippen LogP) is 2.57. The quantitative estimate of drug-likeness (QED) is 0.476. The molecule has 0 saturated heterocycles. The number of hydrogen-bond acceptors (Lipinski definition) is 3. The van der Waals surface area contributed by atoms with E-state index < -0.39 is 0 Å². The van der Waals surface area contributed by atoms with Crippen LogP contribution in [0.4, 0.5) is 10.5 Å². The van der Waals surface area contributed by atoms with Crippen LogP contribution in [0.25, 0.3) is 6.08 Å². The van der Waals surface area contributed by atoms with Crippen molar-refractivity contribution in [1.29, 1.82) is 0 Å². The van der Waals surface area contributed by atoms with Crippen LogP contribution in [0.5, 0.6) is 0 Å². The highest BCUT2D eigenvalue weighted by molar-refractivity contribution is 5.90. The first-order valence-electron chi connectivity index (χ1n) is 6.26. The SMILES string of the molecule is C=CCNC(=O)Nc1ccc(C=CC(=O)OCC)cc1. The summed E-state index contributed by atoms with van der Waals surface area (Å²) in [6.45, 7) is 6.03. The third-order valence-corrected chi connectivity index (χ3v) is 2.27. The van der Waals surface area contributed by atoms with Crippen LogP contribution in [0, 0.1) is 0 Å². The Labute approximate surface area is 118 Å². The number of benzene rings is 1. The van der Waals surface area contributed by atoms with Gasteiger partial charge in [0, 0.05) is 18.3 Å². The largest absolute Gasteiger partial charge is 0.463 e. The van der Waals surface area contributed by atoms with Gasteiger partial charge in [-0.25, -0.2) is 9.59 Å². The number of nitrogens with one attached hydrogen (secondary N) is 2. The van der Waals surface area contributed by atoms with E-state index in [9.17, 15) is 9.59 Å². The molecule has 5 heteroatoms. The molecule has 0 unspecified atom stereocenters. The zero-order valence-corrected chi connectivity index (χ0v) is 11.4. The third-order valence-electron chi connectivity index (χ3n) is 2.27. The minimum absolute atomic E-state index is 0.292. The van der Waals surface area contributed by atoms with E-state index >= 15 is 0 Å². The van der Waals surface area contributed by atoms with E-state index in [1.54, 1.807) is 43.3 Å². The van der Waals surface area contributed by atoms with Crippen LogP contribution >= 0.6 is 0 Å². The molecule has 0 aliphatic carbocycles. The molecule has 0 heterocycles. The molecule has 2 N–H and O–H groups in total. The van der Waals surface area contributed by atoms with Gasteiger partial charge in [-0.1, -0.05) is 18.2 Å². The first-order chi connectivity index (χ1) is 9.65. The van der Waals surface area contributed by atoms with Crippen molar-refractivity contribution < 1.29 is 14.3 Å². The molecule has 0 radical (unpaired) electrons. The Morgan fingerprint density at radius 2 is 2.00 bits per heavy atom. The molecule has 1 rings (SSSR count). The van der Waals surface area contributed by atoms with Crippen molar-refractivity contribution >= 4 is 23.8 Å². The van der Waals surface area contributed by atoms with Gasteiger partial charge >= 0.3 is 12.0 Å². The van der Waals surface area contributed by atoms with E-state index in [0.717, 1.165) is 5.56 Å². The Hall–Kier alpha value is -2.56. The van der Waals surface area contributed by atoms with Gasteiger partial charge in [0.15, 0.2) is 0 Å². The Kier molecular flexibility index (Phi) is 6.61. The predicted molar refractivity (Wildman–Crippen MR) is 79.3 cm³/mol. The molecule has 0 aliphatic rings. The highest BCUT2D eigenvalue weighted by atomic mass is 16.5. The van der Waals surface area contributed by atoms with Gasteiger partial charge in [-0.2, -0.15) is 0 Å². The Morgan fingerprint density at radius 3 is 2.60 bits per heavy atom. The number of ether oxygens (including phenoxy) is 1. The van der Waals surface area contributed by atoms with Crippen molar-refractivity contribution in [3.63, 3.8) is 0 Å². The molecule has 2 amide bonds. The lowest BCUT2D eigenvalue weighted by atomic mass is 10.2. The molecule has 0 aliphatic heterocycles. The smallest absolute Gasteiger partial charge is 0.330 e. The van der Waals surface area contributed by atoms with Crippen molar-refractivity contribution in [3.05, 3.63) is 48.6 Å². The van der Waals surface area contributed by atoms with E-state index in [0.29, 0.717) is 18.8 Å². The average molecular weight is 274 g/mol. The van der Waals surface area contributed by atoms with Crippen LogP contribution in [0.1, 0.15) is 12.5 Å². The second-order valence-electron chi connectivity index (χ2n) is 3.83. The van der Waals surface area contributed by atoms with E-state index in [-0.39, 0.29) is 12.0 Å². The average Bonchev–Trinajstić information content (AvgIpc) is 2.45. The van der Waals surface area contributed by atoms with Gasteiger partial charge < -0.3 is 15.4 Å². The first kappa shape index (κ1) is 15.5. The summed E-state index contributed by atoms with van der Waals surface area (Å²) in [4.78, 5) is 22.5. The second kappa shape index (κ2) is 8.53. The lowest BCUT2D eigenvalue weighted by Crippen LogP contribution is -2.28. The maximum absolute atomic E-state index is 11.4. The fourth-order valence-corrected chi connectivity index (χ4v) is 1.37. The van der Waals surface area contributed by atoms with Crippen molar-refractivity contribution in [1.82, 2.24) is 5.32 Å². The fraction of sp³-hybridized carbons (Fsp3) is 0.200. The van der Waals surface area contributed by atoms with Gasteiger partial charge in [-0.3, -0.25) is 0 Å². The zero-order chi connectivity index (χ0) is 14.8. The van der Waals surface area contributed by atoms with Crippen LogP contribution in [0.3, 0.4) is 0 Å². The molecular weight excluding hydrogens is 256 g/mol. The van der Waals surface area contributed by atoms with E-state index in [2.05, 4.69) is 17.2 Å². The number of anilines is 1. The lowest BCUT2D eigenvalue weighted by Gasteiger charge is -2.05. The highest BCUT2D eigenvalue weighted by Crippen LogP contribution is 2.10. The molecule has 0 atom stereocenters. The van der Waals surface area contributed by atoms with Crippen LogP contribution in [0.15, 0.2) is 43.0 Å². The molecule has 0 aromatic heterocycles. The third kappa shape index (κ3) is 5.86. The normalized spacial score (nSPS) is 10.1. The molecule has 0 fully saturated rings. The Morgan fingerprint density at radius 1 is 1.30 bits per heavy atom. The van der Waals surface area contributed by atoms with Gasteiger partial charge in [0.2, 0.25) is 0 Å². The number of amides is 2. The van der Waals surface area contributed by atoms with E-state index in [4.69, 9.17) is 4.74 Å². The Bertz CT molecular complexity index is 492. The van der Waals surface area contributed by atoms with Crippen molar-refractivity contribution in [2.75, 3.05) is 18.5 Å².